The maximum Gasteiger partial charge on any atom is 0.259 e. The van der Waals surface area contributed by atoms with Gasteiger partial charge in [-0.1, -0.05) is 36.4 Å². The minimum absolute atomic E-state index is 0.0576. The zero-order valence-corrected chi connectivity index (χ0v) is 11.0. The van der Waals surface area contributed by atoms with Crippen molar-refractivity contribution in [1.82, 2.24) is 4.90 Å². The molecule has 17 heavy (non-hydrogen) atoms. The van der Waals surface area contributed by atoms with E-state index < -0.39 is 0 Å². The first-order valence-corrected chi connectivity index (χ1v) is 6.76. The van der Waals surface area contributed by atoms with Crippen LogP contribution in [-0.2, 0) is 0 Å². The average Bonchev–Trinajstić information content (AvgIpc) is 2.78. The molecule has 0 spiro atoms. The number of hydrogen-bond donors (Lipinski definition) is 0. The van der Waals surface area contributed by atoms with E-state index in [-0.39, 0.29) is 5.91 Å². The molecule has 90 valence electrons. The summed E-state index contributed by atoms with van der Waals surface area (Å²) in [6.07, 6.45) is 0. The Bertz CT molecular complexity index is 439. The molecule has 0 fully saturated rings. The van der Waals surface area contributed by atoms with Crippen LogP contribution in [0.15, 0.2) is 29.3 Å². The van der Waals surface area contributed by atoms with Gasteiger partial charge in [0.25, 0.3) is 5.91 Å². The van der Waals surface area contributed by atoms with E-state index in [0.29, 0.717) is 6.54 Å². The molecule has 4 heteroatoms. The summed E-state index contributed by atoms with van der Waals surface area (Å²) in [5.41, 5.74) is 1.90. The highest BCUT2D eigenvalue weighted by molar-refractivity contribution is 8.13. The molecule has 1 aromatic carbocycles. The Kier molecular flexibility index (Phi) is 3.84. The molecule has 0 unspecified atom stereocenters. The minimum atomic E-state index is 0.0576. The third-order valence-corrected chi connectivity index (χ3v) is 3.52. The Morgan fingerprint density at radius 3 is 2.76 bits per heavy atom. The van der Waals surface area contributed by atoms with Crippen LogP contribution in [0.25, 0.3) is 0 Å². The maximum absolute atomic E-state index is 12.3. The fourth-order valence-corrected chi connectivity index (χ4v) is 2.49. The molecule has 0 bridgehead atoms. The summed E-state index contributed by atoms with van der Waals surface area (Å²) in [4.78, 5) is 18.4. The van der Waals surface area contributed by atoms with Crippen LogP contribution in [-0.4, -0.2) is 34.8 Å². The van der Waals surface area contributed by atoms with E-state index >= 15 is 0 Å². The molecule has 1 aliphatic heterocycles. The van der Waals surface area contributed by atoms with Crippen molar-refractivity contribution in [2.45, 2.75) is 13.8 Å². The Hall–Kier alpha value is -1.29. The molecule has 0 saturated carbocycles. The number of aliphatic imine (C=N–C) groups is 1. The van der Waals surface area contributed by atoms with Crippen LogP contribution in [0.4, 0.5) is 0 Å². The average molecular weight is 248 g/mol. The summed E-state index contributed by atoms with van der Waals surface area (Å²) < 4.78 is 0. The molecule has 3 nitrogen and oxygen atoms in total. The number of benzene rings is 1. The summed E-state index contributed by atoms with van der Waals surface area (Å²) >= 11 is 1.63. The van der Waals surface area contributed by atoms with Crippen molar-refractivity contribution < 1.29 is 4.79 Å². The van der Waals surface area contributed by atoms with Gasteiger partial charge in [0.05, 0.1) is 6.54 Å². The van der Waals surface area contributed by atoms with Crippen molar-refractivity contribution in [2.75, 3.05) is 18.8 Å². The van der Waals surface area contributed by atoms with Crippen molar-refractivity contribution in [1.29, 1.82) is 0 Å². The fourth-order valence-electron chi connectivity index (χ4n) is 1.72. The molecule has 0 aromatic heterocycles. The van der Waals surface area contributed by atoms with Gasteiger partial charge in [-0.2, -0.15) is 0 Å². The Labute approximate surface area is 106 Å². The van der Waals surface area contributed by atoms with Crippen LogP contribution >= 0.6 is 11.8 Å². The van der Waals surface area contributed by atoms with Crippen molar-refractivity contribution in [3.63, 3.8) is 0 Å². The lowest BCUT2D eigenvalue weighted by molar-refractivity contribution is 0.0860. The first-order valence-electron chi connectivity index (χ1n) is 5.78. The summed E-state index contributed by atoms with van der Waals surface area (Å²) in [6.45, 7) is 5.51. The van der Waals surface area contributed by atoms with E-state index in [1.807, 2.05) is 31.2 Å². The van der Waals surface area contributed by atoms with Gasteiger partial charge in [0.1, 0.15) is 0 Å². The number of nitrogens with zero attached hydrogens (tertiary/aromatic N) is 2. The van der Waals surface area contributed by atoms with Gasteiger partial charge in [-0.15, -0.1) is 0 Å². The van der Waals surface area contributed by atoms with Crippen LogP contribution in [0.5, 0.6) is 0 Å². The lowest BCUT2D eigenvalue weighted by Crippen LogP contribution is -2.32. The molecule has 1 aliphatic rings. The Morgan fingerprint density at radius 2 is 2.12 bits per heavy atom. The quantitative estimate of drug-likeness (QED) is 0.805. The minimum Gasteiger partial charge on any atom is -0.286 e. The molecule has 0 saturated heterocycles. The van der Waals surface area contributed by atoms with E-state index in [2.05, 4.69) is 11.9 Å². The van der Waals surface area contributed by atoms with Gasteiger partial charge in [0, 0.05) is 12.1 Å². The first kappa shape index (κ1) is 12.2. The molecule has 0 aliphatic carbocycles. The smallest absolute Gasteiger partial charge is 0.259 e. The zero-order chi connectivity index (χ0) is 12.3. The normalized spacial score (nSPS) is 14.9. The topological polar surface area (TPSA) is 32.7 Å². The van der Waals surface area contributed by atoms with Crippen LogP contribution in [0.1, 0.15) is 22.8 Å². The monoisotopic (exact) mass is 248 g/mol. The van der Waals surface area contributed by atoms with E-state index in [4.69, 9.17) is 0 Å². The van der Waals surface area contributed by atoms with E-state index in [1.54, 1.807) is 16.7 Å². The van der Waals surface area contributed by atoms with Gasteiger partial charge in [0.2, 0.25) is 0 Å². The van der Waals surface area contributed by atoms with E-state index in [9.17, 15) is 4.79 Å². The third kappa shape index (κ3) is 2.69. The van der Waals surface area contributed by atoms with Crippen LogP contribution in [0.3, 0.4) is 0 Å². The van der Waals surface area contributed by atoms with Crippen molar-refractivity contribution >= 4 is 22.8 Å². The zero-order valence-electron chi connectivity index (χ0n) is 10.1. The SMILES string of the molecule is CCSC1=NCCN1C(=O)c1ccc(C)cc1. The summed E-state index contributed by atoms with van der Waals surface area (Å²) in [6, 6.07) is 7.69. The van der Waals surface area contributed by atoms with Gasteiger partial charge in [-0.05, 0) is 24.8 Å². The highest BCUT2D eigenvalue weighted by Crippen LogP contribution is 2.17. The highest BCUT2D eigenvalue weighted by atomic mass is 32.2. The van der Waals surface area contributed by atoms with Gasteiger partial charge >= 0.3 is 0 Å². The van der Waals surface area contributed by atoms with Gasteiger partial charge in [-0.3, -0.25) is 14.7 Å². The van der Waals surface area contributed by atoms with Crippen LogP contribution in [0.2, 0.25) is 0 Å². The molecule has 1 aromatic rings. The Balaban J connectivity index is 2.15. The van der Waals surface area contributed by atoms with Crippen molar-refractivity contribution in [3.05, 3.63) is 35.4 Å². The summed E-state index contributed by atoms with van der Waals surface area (Å²) in [7, 11) is 0. The largest absolute Gasteiger partial charge is 0.286 e. The van der Waals surface area contributed by atoms with E-state index in [1.165, 1.54) is 5.56 Å². The summed E-state index contributed by atoms with van der Waals surface area (Å²) in [5, 5.41) is 0.859. The standard InChI is InChI=1S/C13H16N2OS/c1-3-17-13-14-8-9-15(13)12(16)11-6-4-10(2)5-7-11/h4-7H,3,8-9H2,1-2H3. The van der Waals surface area contributed by atoms with Crippen molar-refractivity contribution in [3.8, 4) is 0 Å². The second-order valence-corrected chi connectivity index (χ2v) is 5.15. The predicted octanol–water partition coefficient (Wildman–Crippen LogP) is 2.56. The predicted molar refractivity (Wildman–Crippen MR) is 72.6 cm³/mol. The van der Waals surface area contributed by atoms with Crippen LogP contribution < -0.4 is 0 Å². The number of rotatable bonds is 2. The number of amides is 1. The van der Waals surface area contributed by atoms with Gasteiger partial charge < -0.3 is 0 Å². The second-order valence-electron chi connectivity index (χ2n) is 3.92. The second kappa shape index (κ2) is 5.36. The number of carbonyl (C=O) groups excluding carboxylic acids is 1. The number of aryl methyl sites for hydroxylation is 1. The molecule has 0 atom stereocenters. The number of carbonyl (C=O) groups is 1. The summed E-state index contributed by atoms with van der Waals surface area (Å²) in [5.74, 6) is 0.999. The number of hydrogen-bond acceptors (Lipinski definition) is 3. The number of thioether (sulfide) groups is 1. The maximum atomic E-state index is 12.3. The third-order valence-electron chi connectivity index (χ3n) is 2.62. The van der Waals surface area contributed by atoms with E-state index in [0.717, 1.165) is 23.0 Å². The molecule has 0 radical (unpaired) electrons. The lowest BCUT2D eigenvalue weighted by Gasteiger charge is -2.17. The highest BCUT2D eigenvalue weighted by Gasteiger charge is 2.24. The molecule has 0 N–H and O–H groups in total. The lowest BCUT2D eigenvalue weighted by atomic mass is 10.1. The number of amidine groups is 1. The van der Waals surface area contributed by atoms with Crippen molar-refractivity contribution in [2.24, 2.45) is 4.99 Å². The van der Waals surface area contributed by atoms with Gasteiger partial charge in [0.15, 0.2) is 5.17 Å². The fraction of sp³-hybridized carbons (Fsp3) is 0.385. The Morgan fingerprint density at radius 1 is 1.41 bits per heavy atom. The first-order chi connectivity index (χ1) is 8.22. The molecule has 1 amide bonds. The van der Waals surface area contributed by atoms with Gasteiger partial charge in [-0.25, -0.2) is 0 Å². The van der Waals surface area contributed by atoms with Crippen LogP contribution in [0, 0.1) is 6.92 Å². The molecular formula is C13H16N2OS. The molecule has 2 rings (SSSR count). The molecule has 1 heterocycles. The molecular weight excluding hydrogens is 232 g/mol.